The van der Waals surface area contributed by atoms with Crippen molar-refractivity contribution in [3.8, 4) is 11.5 Å². The molecule has 0 aromatic heterocycles. The van der Waals surface area contributed by atoms with E-state index >= 15 is 0 Å². The molecule has 108 valence electrons. The smallest absolute Gasteiger partial charge is 0.231 e. The molecular weight excluding hydrogens is 292 g/mol. The second kappa shape index (κ2) is 5.76. The fraction of sp³-hybridized carbons (Fsp3) is 0.188. The van der Waals surface area contributed by atoms with Crippen molar-refractivity contribution in [3.63, 3.8) is 0 Å². The van der Waals surface area contributed by atoms with Crippen molar-refractivity contribution < 1.29 is 19.0 Å². The normalized spacial score (nSPS) is 14.0. The summed E-state index contributed by atoms with van der Waals surface area (Å²) >= 11 is 6.08. The molecule has 21 heavy (non-hydrogen) atoms. The monoisotopic (exact) mass is 304 g/mol. The first-order chi connectivity index (χ1) is 10.2. The van der Waals surface area contributed by atoms with Crippen molar-refractivity contribution in [2.24, 2.45) is 0 Å². The molecule has 0 saturated carbocycles. The highest BCUT2D eigenvalue weighted by Crippen LogP contribution is 2.36. The number of ether oxygens (including phenoxy) is 3. The Morgan fingerprint density at radius 2 is 1.95 bits per heavy atom. The maximum atomic E-state index is 12.6. The molecule has 0 radical (unpaired) electrons. The Balaban J connectivity index is 1.95. The van der Waals surface area contributed by atoms with Crippen LogP contribution in [0.1, 0.15) is 22.0 Å². The number of carbonyl (C=O) groups excluding carboxylic acids is 1. The van der Waals surface area contributed by atoms with E-state index in [4.69, 9.17) is 25.8 Å². The van der Waals surface area contributed by atoms with Crippen LogP contribution in [-0.2, 0) is 4.74 Å². The summed E-state index contributed by atoms with van der Waals surface area (Å²) in [7, 11) is 1.49. The molecule has 1 aliphatic rings. The lowest BCUT2D eigenvalue weighted by atomic mass is 9.99. The fourth-order valence-electron chi connectivity index (χ4n) is 2.27. The van der Waals surface area contributed by atoms with Gasteiger partial charge in [-0.25, -0.2) is 0 Å². The van der Waals surface area contributed by atoms with Gasteiger partial charge in [-0.2, -0.15) is 0 Å². The van der Waals surface area contributed by atoms with Crippen molar-refractivity contribution in [1.29, 1.82) is 0 Å². The van der Waals surface area contributed by atoms with Crippen LogP contribution in [0, 0.1) is 0 Å². The molecular formula is C16H13ClO4. The van der Waals surface area contributed by atoms with Gasteiger partial charge < -0.3 is 14.2 Å². The minimum atomic E-state index is -0.737. The standard InChI is InChI=1S/C16H13ClO4/c1-19-16(15(18)11-4-2-3-5-12(11)17)10-6-7-13-14(8-10)21-9-20-13/h2-8,16H,9H2,1H3. The van der Waals surface area contributed by atoms with Crippen molar-refractivity contribution in [2.75, 3.05) is 13.9 Å². The summed E-state index contributed by atoms with van der Waals surface area (Å²) < 4.78 is 16.0. The maximum Gasteiger partial charge on any atom is 0.231 e. The molecule has 0 spiro atoms. The van der Waals surface area contributed by atoms with Gasteiger partial charge in [0.2, 0.25) is 6.79 Å². The topological polar surface area (TPSA) is 44.8 Å². The summed E-state index contributed by atoms with van der Waals surface area (Å²) in [5.74, 6) is 1.09. The van der Waals surface area contributed by atoms with Crippen molar-refractivity contribution in [1.82, 2.24) is 0 Å². The Bertz CT molecular complexity index is 684. The number of halogens is 1. The predicted molar refractivity (Wildman–Crippen MR) is 78.1 cm³/mol. The zero-order chi connectivity index (χ0) is 14.8. The third-order valence-electron chi connectivity index (χ3n) is 3.31. The molecule has 5 heteroatoms. The number of hydrogen-bond donors (Lipinski definition) is 0. The van der Waals surface area contributed by atoms with Gasteiger partial charge in [0.1, 0.15) is 6.10 Å². The molecule has 1 unspecified atom stereocenters. The molecule has 2 aromatic rings. The largest absolute Gasteiger partial charge is 0.454 e. The van der Waals surface area contributed by atoms with E-state index in [-0.39, 0.29) is 12.6 Å². The third-order valence-corrected chi connectivity index (χ3v) is 3.64. The van der Waals surface area contributed by atoms with Gasteiger partial charge in [0.25, 0.3) is 0 Å². The molecule has 0 saturated heterocycles. The molecule has 1 atom stereocenters. The van der Waals surface area contributed by atoms with Gasteiger partial charge in [0, 0.05) is 12.7 Å². The van der Waals surface area contributed by atoms with Gasteiger partial charge >= 0.3 is 0 Å². The van der Waals surface area contributed by atoms with E-state index in [1.165, 1.54) is 7.11 Å². The van der Waals surface area contributed by atoms with Crippen LogP contribution in [0.15, 0.2) is 42.5 Å². The number of benzene rings is 2. The number of hydrogen-bond acceptors (Lipinski definition) is 4. The van der Waals surface area contributed by atoms with Gasteiger partial charge in [-0.3, -0.25) is 4.79 Å². The Hall–Kier alpha value is -2.04. The first-order valence-corrected chi connectivity index (χ1v) is 6.79. The molecule has 0 bridgehead atoms. The number of Topliss-reactive ketones (excluding diaryl/α,β-unsaturated/α-hetero) is 1. The summed E-state index contributed by atoms with van der Waals surface area (Å²) in [6.45, 7) is 0.189. The molecule has 0 fully saturated rings. The van der Waals surface area contributed by atoms with Crippen LogP contribution in [0.4, 0.5) is 0 Å². The van der Waals surface area contributed by atoms with Gasteiger partial charge in [-0.15, -0.1) is 0 Å². The minimum Gasteiger partial charge on any atom is -0.454 e. The highest BCUT2D eigenvalue weighted by molar-refractivity contribution is 6.34. The van der Waals surface area contributed by atoms with Gasteiger partial charge in [-0.1, -0.05) is 29.8 Å². The van der Waals surface area contributed by atoms with Gasteiger partial charge in [0.15, 0.2) is 17.3 Å². The van der Waals surface area contributed by atoms with E-state index in [2.05, 4.69) is 0 Å². The van der Waals surface area contributed by atoms with Crippen molar-refractivity contribution in [3.05, 3.63) is 58.6 Å². The number of ketones is 1. The first-order valence-electron chi connectivity index (χ1n) is 6.42. The van der Waals surface area contributed by atoms with E-state index in [9.17, 15) is 4.79 Å². The lowest BCUT2D eigenvalue weighted by Crippen LogP contribution is -2.15. The van der Waals surface area contributed by atoms with E-state index in [0.717, 1.165) is 0 Å². The lowest BCUT2D eigenvalue weighted by molar-refractivity contribution is 0.0604. The van der Waals surface area contributed by atoms with Crippen LogP contribution in [0.25, 0.3) is 0 Å². The Morgan fingerprint density at radius 3 is 2.71 bits per heavy atom. The van der Waals surface area contributed by atoms with E-state index in [0.29, 0.717) is 27.6 Å². The summed E-state index contributed by atoms with van der Waals surface area (Å²) in [5.41, 5.74) is 1.13. The fourth-order valence-corrected chi connectivity index (χ4v) is 2.50. The number of fused-ring (bicyclic) bond motifs is 1. The maximum absolute atomic E-state index is 12.6. The van der Waals surface area contributed by atoms with E-state index in [1.807, 2.05) is 0 Å². The summed E-state index contributed by atoms with van der Waals surface area (Å²) in [6, 6.07) is 12.2. The van der Waals surface area contributed by atoms with Crippen LogP contribution in [0.5, 0.6) is 11.5 Å². The lowest BCUT2D eigenvalue weighted by Gasteiger charge is -2.15. The Kier molecular flexibility index (Phi) is 3.82. The van der Waals surface area contributed by atoms with Crippen LogP contribution in [0.2, 0.25) is 5.02 Å². The number of carbonyl (C=O) groups is 1. The summed E-state index contributed by atoms with van der Waals surface area (Å²) in [4.78, 5) is 12.6. The van der Waals surface area contributed by atoms with Gasteiger partial charge in [-0.05, 0) is 29.8 Å². The Labute approximate surface area is 127 Å². The number of methoxy groups -OCH3 is 1. The van der Waals surface area contributed by atoms with Crippen LogP contribution in [-0.4, -0.2) is 19.7 Å². The molecule has 0 amide bonds. The minimum absolute atomic E-state index is 0.189. The molecule has 0 N–H and O–H groups in total. The zero-order valence-electron chi connectivity index (χ0n) is 11.3. The highest BCUT2D eigenvalue weighted by atomic mass is 35.5. The van der Waals surface area contributed by atoms with Crippen LogP contribution in [0.3, 0.4) is 0 Å². The van der Waals surface area contributed by atoms with Crippen LogP contribution < -0.4 is 9.47 Å². The van der Waals surface area contributed by atoms with Crippen molar-refractivity contribution >= 4 is 17.4 Å². The molecule has 1 aliphatic heterocycles. The second-order valence-electron chi connectivity index (χ2n) is 4.57. The third kappa shape index (κ3) is 2.60. The zero-order valence-corrected chi connectivity index (χ0v) is 12.1. The molecule has 1 heterocycles. The SMILES string of the molecule is COC(C(=O)c1ccccc1Cl)c1ccc2c(c1)OCO2. The van der Waals surface area contributed by atoms with E-state index < -0.39 is 6.10 Å². The molecule has 0 aliphatic carbocycles. The van der Waals surface area contributed by atoms with Crippen molar-refractivity contribution in [2.45, 2.75) is 6.10 Å². The summed E-state index contributed by atoms with van der Waals surface area (Å²) in [6.07, 6.45) is -0.737. The number of rotatable bonds is 4. The average molecular weight is 305 g/mol. The Morgan fingerprint density at radius 1 is 1.19 bits per heavy atom. The molecule has 2 aromatic carbocycles. The molecule has 3 rings (SSSR count). The first kappa shape index (κ1) is 13.9. The van der Waals surface area contributed by atoms with Gasteiger partial charge in [0.05, 0.1) is 5.02 Å². The molecule has 4 nitrogen and oxygen atoms in total. The predicted octanol–water partition coefficient (Wildman–Crippen LogP) is 3.64. The highest BCUT2D eigenvalue weighted by Gasteiger charge is 2.25. The quantitative estimate of drug-likeness (QED) is 0.809. The average Bonchev–Trinajstić information content (AvgIpc) is 2.96. The van der Waals surface area contributed by atoms with E-state index in [1.54, 1.807) is 42.5 Å². The van der Waals surface area contributed by atoms with Crippen LogP contribution >= 0.6 is 11.6 Å². The summed E-state index contributed by atoms with van der Waals surface area (Å²) in [5, 5.41) is 0.408. The second-order valence-corrected chi connectivity index (χ2v) is 4.98.